The second-order valence-corrected chi connectivity index (χ2v) is 5.44. The molecule has 1 amide bonds. The van der Waals surface area contributed by atoms with E-state index in [2.05, 4.69) is 4.98 Å². The highest BCUT2D eigenvalue weighted by molar-refractivity contribution is 5.93. The summed E-state index contributed by atoms with van der Waals surface area (Å²) in [6, 6.07) is 15.8. The van der Waals surface area contributed by atoms with Gasteiger partial charge in [-0.05, 0) is 36.8 Å². The van der Waals surface area contributed by atoms with E-state index in [1.807, 2.05) is 30.3 Å². The van der Waals surface area contributed by atoms with Gasteiger partial charge in [-0.15, -0.1) is 0 Å². The second-order valence-electron chi connectivity index (χ2n) is 5.44. The molecular formula is C19H16N2O4. The van der Waals surface area contributed by atoms with Crippen LogP contribution in [-0.2, 0) is 11.3 Å². The van der Waals surface area contributed by atoms with Gasteiger partial charge in [-0.3, -0.25) is 4.79 Å². The third-order valence-electron chi connectivity index (χ3n) is 3.61. The van der Waals surface area contributed by atoms with E-state index < -0.39 is 11.9 Å². The Morgan fingerprint density at radius 2 is 1.76 bits per heavy atom. The number of amides is 1. The predicted octanol–water partition coefficient (Wildman–Crippen LogP) is 3.11. The first-order valence-electron chi connectivity index (χ1n) is 7.63. The number of oxazole rings is 1. The molecule has 6 heteroatoms. The lowest BCUT2D eigenvalue weighted by atomic mass is 10.1. The Bertz CT molecular complexity index is 899. The first-order valence-corrected chi connectivity index (χ1v) is 7.63. The first-order chi connectivity index (χ1) is 12.0. The van der Waals surface area contributed by atoms with Gasteiger partial charge in [0.1, 0.15) is 6.61 Å². The van der Waals surface area contributed by atoms with Crippen LogP contribution in [0, 0.1) is 6.92 Å². The van der Waals surface area contributed by atoms with Crippen molar-refractivity contribution in [2.24, 2.45) is 5.73 Å². The molecule has 0 saturated carbocycles. The van der Waals surface area contributed by atoms with E-state index in [9.17, 15) is 9.59 Å². The average Bonchev–Trinajstić information content (AvgIpc) is 3.02. The number of carbonyl (C=O) groups is 2. The summed E-state index contributed by atoms with van der Waals surface area (Å²) in [5.74, 6) is -0.751. The lowest BCUT2D eigenvalue weighted by Crippen LogP contribution is -2.10. The quantitative estimate of drug-likeness (QED) is 0.722. The molecule has 2 aromatic carbocycles. The van der Waals surface area contributed by atoms with E-state index in [4.69, 9.17) is 14.9 Å². The van der Waals surface area contributed by atoms with E-state index in [0.29, 0.717) is 16.8 Å². The number of ether oxygens (including phenoxy) is 1. The summed E-state index contributed by atoms with van der Waals surface area (Å²) in [4.78, 5) is 27.6. The largest absolute Gasteiger partial charge is 0.455 e. The third kappa shape index (κ3) is 3.74. The van der Waals surface area contributed by atoms with Crippen molar-refractivity contribution < 1.29 is 18.7 Å². The summed E-state index contributed by atoms with van der Waals surface area (Å²) in [5.41, 5.74) is 7.55. The van der Waals surface area contributed by atoms with Crippen molar-refractivity contribution in [1.82, 2.24) is 4.98 Å². The van der Waals surface area contributed by atoms with Crippen LogP contribution in [0.15, 0.2) is 59.0 Å². The molecule has 0 aliphatic rings. The molecule has 0 saturated heterocycles. The van der Waals surface area contributed by atoms with Gasteiger partial charge < -0.3 is 14.9 Å². The maximum Gasteiger partial charge on any atom is 0.376 e. The minimum Gasteiger partial charge on any atom is -0.455 e. The summed E-state index contributed by atoms with van der Waals surface area (Å²) in [6.07, 6.45) is 0. The number of aromatic nitrogens is 1. The van der Waals surface area contributed by atoms with Crippen molar-refractivity contribution in [3.05, 3.63) is 77.2 Å². The minimum absolute atomic E-state index is 0.0601. The maximum atomic E-state index is 12.2. The minimum atomic E-state index is -0.575. The molecule has 0 atom stereocenters. The standard InChI is InChI=1S/C19H16N2O4/c1-12-16(19(23)24-11-13-5-3-2-4-6-13)25-18(21-12)15-9-7-14(8-10-15)17(20)22/h2-10H,11H2,1H3,(H2,20,22). The fourth-order valence-electron chi connectivity index (χ4n) is 2.28. The van der Waals surface area contributed by atoms with Crippen LogP contribution in [0.2, 0.25) is 0 Å². The Morgan fingerprint density at radius 1 is 1.08 bits per heavy atom. The second kappa shape index (κ2) is 7.00. The SMILES string of the molecule is Cc1nc(-c2ccc(C(N)=O)cc2)oc1C(=O)OCc1ccccc1. The lowest BCUT2D eigenvalue weighted by molar-refractivity contribution is 0.0436. The summed E-state index contributed by atoms with van der Waals surface area (Å²) in [5, 5.41) is 0. The zero-order valence-electron chi connectivity index (χ0n) is 13.6. The van der Waals surface area contributed by atoms with E-state index in [0.717, 1.165) is 5.56 Å². The number of hydrogen-bond donors (Lipinski definition) is 1. The monoisotopic (exact) mass is 336 g/mol. The zero-order valence-corrected chi connectivity index (χ0v) is 13.6. The Kier molecular flexibility index (Phi) is 4.61. The van der Waals surface area contributed by atoms with Crippen LogP contribution < -0.4 is 5.73 Å². The van der Waals surface area contributed by atoms with Gasteiger partial charge >= 0.3 is 5.97 Å². The first kappa shape index (κ1) is 16.4. The highest BCUT2D eigenvalue weighted by atomic mass is 16.5. The number of aryl methyl sites for hydroxylation is 1. The fourth-order valence-corrected chi connectivity index (χ4v) is 2.28. The molecule has 1 aromatic heterocycles. The van der Waals surface area contributed by atoms with Crippen LogP contribution in [0.3, 0.4) is 0 Å². The van der Waals surface area contributed by atoms with Crippen molar-refractivity contribution in [3.8, 4) is 11.5 Å². The third-order valence-corrected chi connectivity index (χ3v) is 3.61. The molecule has 3 aromatic rings. The molecule has 0 spiro atoms. The van der Waals surface area contributed by atoms with Gasteiger partial charge in [-0.1, -0.05) is 30.3 Å². The molecule has 25 heavy (non-hydrogen) atoms. The molecule has 0 fully saturated rings. The number of rotatable bonds is 5. The van der Waals surface area contributed by atoms with Crippen molar-refractivity contribution in [2.45, 2.75) is 13.5 Å². The molecule has 126 valence electrons. The van der Waals surface area contributed by atoms with Crippen LogP contribution in [-0.4, -0.2) is 16.9 Å². The Balaban J connectivity index is 1.75. The molecule has 0 aliphatic heterocycles. The van der Waals surface area contributed by atoms with Gasteiger partial charge in [0.2, 0.25) is 17.6 Å². The molecule has 6 nitrogen and oxygen atoms in total. The number of hydrogen-bond acceptors (Lipinski definition) is 5. The molecule has 3 rings (SSSR count). The highest BCUT2D eigenvalue weighted by Crippen LogP contribution is 2.23. The molecule has 0 aliphatic carbocycles. The molecule has 0 radical (unpaired) electrons. The zero-order chi connectivity index (χ0) is 17.8. The van der Waals surface area contributed by atoms with Crippen molar-refractivity contribution in [2.75, 3.05) is 0 Å². The Labute approximate surface area is 144 Å². The number of nitrogens with two attached hydrogens (primary N) is 1. The van der Waals surface area contributed by atoms with Crippen LogP contribution in [0.25, 0.3) is 11.5 Å². The van der Waals surface area contributed by atoms with E-state index in [1.54, 1.807) is 31.2 Å². The number of primary amides is 1. The van der Waals surface area contributed by atoms with Crippen LogP contribution in [0.5, 0.6) is 0 Å². The fraction of sp³-hybridized carbons (Fsp3) is 0.105. The number of carbonyl (C=O) groups excluding carboxylic acids is 2. The van der Waals surface area contributed by atoms with Gasteiger partial charge in [-0.25, -0.2) is 9.78 Å². The molecule has 0 unspecified atom stereocenters. The molecule has 2 N–H and O–H groups in total. The van der Waals surface area contributed by atoms with Crippen LogP contribution >= 0.6 is 0 Å². The highest BCUT2D eigenvalue weighted by Gasteiger charge is 2.20. The van der Waals surface area contributed by atoms with E-state index >= 15 is 0 Å². The predicted molar refractivity (Wildman–Crippen MR) is 90.8 cm³/mol. The maximum absolute atomic E-state index is 12.2. The number of benzene rings is 2. The van der Waals surface area contributed by atoms with Crippen molar-refractivity contribution >= 4 is 11.9 Å². The van der Waals surface area contributed by atoms with Crippen LogP contribution in [0.1, 0.15) is 32.2 Å². The normalized spacial score (nSPS) is 10.4. The van der Waals surface area contributed by atoms with E-state index in [1.165, 1.54) is 0 Å². The molecule has 1 heterocycles. The summed E-state index contributed by atoms with van der Waals surface area (Å²) in [7, 11) is 0. The van der Waals surface area contributed by atoms with Gasteiger partial charge in [-0.2, -0.15) is 0 Å². The summed E-state index contributed by atoms with van der Waals surface area (Å²) in [6.45, 7) is 1.83. The van der Waals surface area contributed by atoms with Gasteiger partial charge in [0.05, 0.1) is 5.69 Å². The van der Waals surface area contributed by atoms with Crippen molar-refractivity contribution in [1.29, 1.82) is 0 Å². The number of nitrogens with zero attached hydrogens (tertiary/aromatic N) is 1. The topological polar surface area (TPSA) is 95.4 Å². The average molecular weight is 336 g/mol. The van der Waals surface area contributed by atoms with Gasteiger partial charge in [0, 0.05) is 11.1 Å². The van der Waals surface area contributed by atoms with Gasteiger partial charge in [0.25, 0.3) is 0 Å². The number of esters is 1. The molecule has 0 bridgehead atoms. The van der Waals surface area contributed by atoms with E-state index in [-0.39, 0.29) is 18.3 Å². The van der Waals surface area contributed by atoms with Gasteiger partial charge in [0.15, 0.2) is 0 Å². The molecular weight excluding hydrogens is 320 g/mol. The Hall–Kier alpha value is -3.41. The lowest BCUT2D eigenvalue weighted by Gasteiger charge is -2.03. The Morgan fingerprint density at radius 3 is 2.40 bits per heavy atom. The van der Waals surface area contributed by atoms with Crippen molar-refractivity contribution in [3.63, 3.8) is 0 Å². The summed E-state index contributed by atoms with van der Waals surface area (Å²) < 4.78 is 10.8. The smallest absolute Gasteiger partial charge is 0.376 e. The summed E-state index contributed by atoms with van der Waals surface area (Å²) >= 11 is 0. The van der Waals surface area contributed by atoms with Crippen LogP contribution in [0.4, 0.5) is 0 Å².